The van der Waals surface area contributed by atoms with Crippen molar-refractivity contribution in [2.75, 3.05) is 24.7 Å². The van der Waals surface area contributed by atoms with Crippen LogP contribution in [0.2, 0.25) is 0 Å². The van der Waals surface area contributed by atoms with Gasteiger partial charge in [-0.2, -0.15) is 0 Å². The maximum Gasteiger partial charge on any atom is 0.326 e. The predicted molar refractivity (Wildman–Crippen MR) is 112 cm³/mol. The molecule has 0 bridgehead atoms. The quantitative estimate of drug-likeness (QED) is 0.677. The fraction of sp³-hybridized carbons (Fsp3) is 0.348. The average Bonchev–Trinajstić information content (AvgIpc) is 2.91. The van der Waals surface area contributed by atoms with Crippen LogP contribution in [0.1, 0.15) is 37.8 Å². The number of hydrogen-bond donors (Lipinski definition) is 1. The SMILES string of the molecule is CCC[C@H](NC(=O)COC(=O)CN1C(=O)CCOc2ccccc21)c1ccccc1. The Hall–Kier alpha value is -3.35. The molecule has 1 atom stereocenters. The van der Waals surface area contributed by atoms with Gasteiger partial charge in [0.05, 0.1) is 24.8 Å². The number of ether oxygens (including phenoxy) is 2. The van der Waals surface area contributed by atoms with E-state index in [0.29, 0.717) is 11.4 Å². The van der Waals surface area contributed by atoms with E-state index in [0.717, 1.165) is 18.4 Å². The van der Waals surface area contributed by atoms with Gasteiger partial charge in [-0.25, -0.2) is 0 Å². The van der Waals surface area contributed by atoms with Crippen molar-refractivity contribution in [3.63, 3.8) is 0 Å². The lowest BCUT2D eigenvalue weighted by atomic mass is 10.0. The van der Waals surface area contributed by atoms with Crippen molar-refractivity contribution < 1.29 is 23.9 Å². The molecule has 2 amide bonds. The Morgan fingerprint density at radius 3 is 2.63 bits per heavy atom. The molecule has 2 aromatic rings. The molecule has 0 aliphatic carbocycles. The highest BCUT2D eigenvalue weighted by Gasteiger charge is 2.26. The van der Waals surface area contributed by atoms with Crippen LogP contribution in [0, 0.1) is 0 Å². The topological polar surface area (TPSA) is 84.9 Å². The van der Waals surface area contributed by atoms with E-state index in [9.17, 15) is 14.4 Å². The molecule has 7 nitrogen and oxygen atoms in total. The molecule has 0 radical (unpaired) electrons. The maximum absolute atomic E-state index is 12.4. The molecule has 1 N–H and O–H groups in total. The minimum Gasteiger partial charge on any atom is -0.491 e. The number of nitrogens with one attached hydrogen (secondary N) is 1. The highest BCUT2D eigenvalue weighted by Crippen LogP contribution is 2.30. The maximum atomic E-state index is 12.4. The molecule has 0 saturated heterocycles. The number of amides is 2. The van der Waals surface area contributed by atoms with Gasteiger partial charge >= 0.3 is 5.97 Å². The van der Waals surface area contributed by atoms with Crippen LogP contribution in [-0.4, -0.2) is 37.5 Å². The number of rotatable bonds is 8. The number of nitrogens with zero attached hydrogens (tertiary/aromatic N) is 1. The van der Waals surface area contributed by atoms with Crippen LogP contribution >= 0.6 is 0 Å². The van der Waals surface area contributed by atoms with Gasteiger partial charge in [-0.05, 0) is 24.1 Å². The number of hydrogen-bond acceptors (Lipinski definition) is 5. The van der Waals surface area contributed by atoms with E-state index in [4.69, 9.17) is 9.47 Å². The summed E-state index contributed by atoms with van der Waals surface area (Å²) in [6.07, 6.45) is 1.85. The van der Waals surface area contributed by atoms with Crippen LogP contribution in [0.15, 0.2) is 54.6 Å². The standard InChI is InChI=1S/C23H26N2O5/c1-2-8-18(17-9-4-3-5-10-17)24-21(26)16-30-23(28)15-25-19-11-6-7-12-20(19)29-14-13-22(25)27/h3-7,9-12,18H,2,8,13-16H2,1H3,(H,24,26)/t18-/m0/s1. The zero-order valence-corrected chi connectivity index (χ0v) is 17.0. The van der Waals surface area contributed by atoms with Crippen molar-refractivity contribution in [1.82, 2.24) is 5.32 Å². The van der Waals surface area contributed by atoms with Crippen molar-refractivity contribution in [2.45, 2.75) is 32.2 Å². The lowest BCUT2D eigenvalue weighted by Gasteiger charge is -2.21. The number of fused-ring (bicyclic) bond motifs is 1. The van der Waals surface area contributed by atoms with Gasteiger partial charge in [0.1, 0.15) is 12.3 Å². The third kappa shape index (κ3) is 5.59. The molecule has 0 spiro atoms. The van der Waals surface area contributed by atoms with Crippen LogP contribution in [-0.2, 0) is 19.1 Å². The predicted octanol–water partition coefficient (Wildman–Crippen LogP) is 3.00. The first kappa shape index (κ1) is 21.4. The molecule has 0 saturated carbocycles. The minimum absolute atomic E-state index is 0.140. The monoisotopic (exact) mass is 410 g/mol. The second kappa shape index (κ2) is 10.4. The van der Waals surface area contributed by atoms with Gasteiger partial charge in [0, 0.05) is 0 Å². The molecule has 0 aromatic heterocycles. The number of carbonyl (C=O) groups excluding carboxylic acids is 3. The second-order valence-electron chi connectivity index (χ2n) is 7.03. The summed E-state index contributed by atoms with van der Waals surface area (Å²) < 4.78 is 10.7. The summed E-state index contributed by atoms with van der Waals surface area (Å²) in [6.45, 7) is 1.62. The average molecular weight is 410 g/mol. The highest BCUT2D eigenvalue weighted by molar-refractivity contribution is 5.99. The van der Waals surface area contributed by atoms with E-state index >= 15 is 0 Å². The molecule has 3 rings (SSSR count). The summed E-state index contributed by atoms with van der Waals surface area (Å²) in [5, 5.41) is 2.91. The summed E-state index contributed by atoms with van der Waals surface area (Å²) in [4.78, 5) is 38.4. The zero-order chi connectivity index (χ0) is 21.3. The molecule has 158 valence electrons. The summed E-state index contributed by atoms with van der Waals surface area (Å²) in [7, 11) is 0. The molecule has 2 aromatic carbocycles. The molecule has 1 aliphatic heterocycles. The third-order valence-electron chi connectivity index (χ3n) is 4.80. The fourth-order valence-corrected chi connectivity index (χ4v) is 3.35. The Balaban J connectivity index is 1.56. The lowest BCUT2D eigenvalue weighted by molar-refractivity contribution is -0.147. The number of para-hydroxylation sites is 2. The third-order valence-corrected chi connectivity index (χ3v) is 4.80. The van der Waals surface area contributed by atoms with Crippen molar-refractivity contribution >= 4 is 23.5 Å². The van der Waals surface area contributed by atoms with E-state index in [1.807, 2.05) is 37.3 Å². The van der Waals surface area contributed by atoms with Crippen LogP contribution in [0.3, 0.4) is 0 Å². The largest absolute Gasteiger partial charge is 0.491 e. The molecule has 1 aliphatic rings. The Morgan fingerprint density at radius 1 is 1.13 bits per heavy atom. The van der Waals surface area contributed by atoms with Crippen LogP contribution < -0.4 is 15.0 Å². The molecular formula is C23H26N2O5. The Labute approximate surface area is 176 Å². The van der Waals surface area contributed by atoms with Gasteiger partial charge in [-0.1, -0.05) is 55.8 Å². The molecule has 1 heterocycles. The van der Waals surface area contributed by atoms with E-state index in [1.165, 1.54) is 4.90 Å². The number of esters is 1. The van der Waals surface area contributed by atoms with E-state index in [-0.39, 0.29) is 37.4 Å². The van der Waals surface area contributed by atoms with Gasteiger partial charge in [0.25, 0.3) is 5.91 Å². The molecule has 0 unspecified atom stereocenters. The van der Waals surface area contributed by atoms with Crippen LogP contribution in [0.25, 0.3) is 0 Å². The first-order valence-corrected chi connectivity index (χ1v) is 10.1. The van der Waals surface area contributed by atoms with Gasteiger partial charge in [-0.15, -0.1) is 0 Å². The van der Waals surface area contributed by atoms with Crippen LogP contribution in [0.4, 0.5) is 5.69 Å². The second-order valence-corrected chi connectivity index (χ2v) is 7.03. The first-order chi connectivity index (χ1) is 14.6. The number of benzene rings is 2. The normalized spacial score (nSPS) is 14.2. The smallest absolute Gasteiger partial charge is 0.326 e. The first-order valence-electron chi connectivity index (χ1n) is 10.1. The molecule has 30 heavy (non-hydrogen) atoms. The molecule has 0 fully saturated rings. The van der Waals surface area contributed by atoms with Gasteiger partial charge < -0.3 is 14.8 Å². The molecule has 7 heteroatoms. The minimum atomic E-state index is -0.651. The summed E-state index contributed by atoms with van der Waals surface area (Å²) in [5.74, 6) is -0.717. The summed E-state index contributed by atoms with van der Waals surface area (Å²) in [6, 6.07) is 16.6. The van der Waals surface area contributed by atoms with Crippen molar-refractivity contribution in [3.05, 3.63) is 60.2 Å². The number of anilines is 1. The van der Waals surface area contributed by atoms with Gasteiger partial charge in [0.15, 0.2) is 6.61 Å². The van der Waals surface area contributed by atoms with E-state index in [1.54, 1.807) is 24.3 Å². The number of carbonyl (C=O) groups is 3. The van der Waals surface area contributed by atoms with Gasteiger partial charge in [-0.3, -0.25) is 19.3 Å². The Kier molecular flexibility index (Phi) is 7.43. The van der Waals surface area contributed by atoms with Crippen LogP contribution in [0.5, 0.6) is 5.75 Å². The Bertz CT molecular complexity index is 884. The zero-order valence-electron chi connectivity index (χ0n) is 17.0. The van der Waals surface area contributed by atoms with Crippen molar-refractivity contribution in [1.29, 1.82) is 0 Å². The summed E-state index contributed by atoms with van der Waals surface area (Å²) >= 11 is 0. The van der Waals surface area contributed by atoms with Crippen molar-refractivity contribution in [3.8, 4) is 5.75 Å². The van der Waals surface area contributed by atoms with E-state index in [2.05, 4.69) is 5.32 Å². The highest BCUT2D eigenvalue weighted by atomic mass is 16.5. The van der Waals surface area contributed by atoms with Gasteiger partial charge in [0.2, 0.25) is 5.91 Å². The molecular weight excluding hydrogens is 384 g/mol. The van der Waals surface area contributed by atoms with Crippen molar-refractivity contribution in [2.24, 2.45) is 0 Å². The van der Waals surface area contributed by atoms with E-state index < -0.39 is 12.6 Å². The lowest BCUT2D eigenvalue weighted by Crippen LogP contribution is -2.38. The fourth-order valence-electron chi connectivity index (χ4n) is 3.35. The summed E-state index contributed by atoms with van der Waals surface area (Å²) in [5.41, 5.74) is 1.53. The Morgan fingerprint density at radius 2 is 1.87 bits per heavy atom.